The van der Waals surface area contributed by atoms with Crippen molar-refractivity contribution in [1.82, 2.24) is 20.5 Å². The Morgan fingerprint density at radius 3 is 2.88 bits per heavy atom. The lowest BCUT2D eigenvalue weighted by molar-refractivity contribution is 0.249. The number of H-pyrrole nitrogens is 1. The lowest BCUT2D eigenvalue weighted by Gasteiger charge is -2.16. The normalized spacial score (nSPS) is 11.8. The molecule has 0 radical (unpaired) electrons. The first kappa shape index (κ1) is 17.8. The number of methoxy groups -OCH3 is 1. The van der Waals surface area contributed by atoms with Crippen LogP contribution < -0.4 is 20.7 Å². The fraction of sp³-hybridized carbons (Fsp3) is 0.235. The average molecular weight is 375 g/mol. The Hall–Kier alpha value is -3.00. The highest BCUT2D eigenvalue weighted by molar-refractivity contribution is 6.32. The summed E-state index contributed by atoms with van der Waals surface area (Å²) in [6, 6.07) is 6.47. The minimum atomic E-state index is -0.369. The number of nitrogens with zero attached hydrogens (tertiary/aromatic N) is 2. The van der Waals surface area contributed by atoms with Gasteiger partial charge in [-0.2, -0.15) is 5.10 Å². The maximum atomic E-state index is 12.3. The standard InChI is InChI=1S/C17H19ClN6O2/c1-9(10-4-5-12(18)14(6-10)26-3)21-17(25)22-15-7-13-11(8-20-15)16(19-2)24-23-13/h4-9H,1-3H3,(H2,19,23,24)(H2,20,21,22,25). The molecule has 3 rings (SSSR count). The lowest BCUT2D eigenvalue weighted by Crippen LogP contribution is -2.31. The molecule has 0 bridgehead atoms. The van der Waals surface area contributed by atoms with E-state index in [1.165, 1.54) is 0 Å². The minimum Gasteiger partial charge on any atom is -0.495 e. The molecule has 0 fully saturated rings. The molecule has 1 aromatic carbocycles. The Morgan fingerprint density at radius 2 is 2.15 bits per heavy atom. The van der Waals surface area contributed by atoms with Crippen LogP contribution in [0.2, 0.25) is 5.02 Å². The fourth-order valence-corrected chi connectivity index (χ4v) is 2.74. The number of hydrogen-bond donors (Lipinski definition) is 4. The summed E-state index contributed by atoms with van der Waals surface area (Å²) in [6.07, 6.45) is 1.65. The van der Waals surface area contributed by atoms with Crippen molar-refractivity contribution >= 4 is 40.2 Å². The zero-order valence-electron chi connectivity index (χ0n) is 14.6. The van der Waals surface area contributed by atoms with Crippen molar-refractivity contribution in [2.45, 2.75) is 13.0 Å². The SMILES string of the molecule is CNc1n[nH]c2cc(NC(=O)NC(C)c3ccc(Cl)c(OC)c3)ncc12. The Balaban J connectivity index is 1.68. The van der Waals surface area contributed by atoms with Gasteiger partial charge in [-0.1, -0.05) is 17.7 Å². The van der Waals surface area contributed by atoms with Crippen LogP contribution in [0.25, 0.3) is 10.9 Å². The predicted molar refractivity (Wildman–Crippen MR) is 102 cm³/mol. The van der Waals surface area contributed by atoms with Crippen molar-refractivity contribution in [3.63, 3.8) is 0 Å². The highest BCUT2D eigenvalue weighted by Gasteiger charge is 2.13. The van der Waals surface area contributed by atoms with E-state index in [0.717, 1.165) is 16.5 Å². The molecule has 26 heavy (non-hydrogen) atoms. The molecule has 0 spiro atoms. The number of urea groups is 1. The van der Waals surface area contributed by atoms with E-state index in [4.69, 9.17) is 16.3 Å². The number of anilines is 2. The highest BCUT2D eigenvalue weighted by atomic mass is 35.5. The lowest BCUT2D eigenvalue weighted by atomic mass is 10.1. The monoisotopic (exact) mass is 374 g/mol. The van der Waals surface area contributed by atoms with Crippen LogP contribution in [0.15, 0.2) is 30.5 Å². The molecule has 0 aliphatic carbocycles. The molecule has 2 heterocycles. The van der Waals surface area contributed by atoms with E-state index in [1.807, 2.05) is 13.0 Å². The topological polar surface area (TPSA) is 104 Å². The third-order valence-electron chi connectivity index (χ3n) is 3.95. The Morgan fingerprint density at radius 1 is 1.35 bits per heavy atom. The number of hydrogen-bond acceptors (Lipinski definition) is 5. The zero-order valence-corrected chi connectivity index (χ0v) is 15.3. The van der Waals surface area contributed by atoms with E-state index >= 15 is 0 Å². The number of ether oxygens (including phenoxy) is 1. The van der Waals surface area contributed by atoms with Crippen molar-refractivity contribution < 1.29 is 9.53 Å². The fourth-order valence-electron chi connectivity index (χ4n) is 2.55. The van der Waals surface area contributed by atoms with E-state index in [1.54, 1.807) is 38.6 Å². The smallest absolute Gasteiger partial charge is 0.320 e. The first-order valence-electron chi connectivity index (χ1n) is 7.94. The van der Waals surface area contributed by atoms with Gasteiger partial charge in [-0.3, -0.25) is 10.4 Å². The van der Waals surface area contributed by atoms with Gasteiger partial charge in [0.25, 0.3) is 0 Å². The summed E-state index contributed by atoms with van der Waals surface area (Å²) in [5, 5.41) is 16.9. The van der Waals surface area contributed by atoms with E-state index in [2.05, 4.69) is 31.1 Å². The number of benzene rings is 1. The highest BCUT2D eigenvalue weighted by Crippen LogP contribution is 2.27. The molecule has 0 saturated carbocycles. The number of rotatable bonds is 5. The van der Waals surface area contributed by atoms with Gasteiger partial charge in [-0.25, -0.2) is 9.78 Å². The zero-order chi connectivity index (χ0) is 18.7. The van der Waals surface area contributed by atoms with E-state index in [-0.39, 0.29) is 12.1 Å². The maximum absolute atomic E-state index is 12.3. The van der Waals surface area contributed by atoms with Crippen molar-refractivity contribution in [2.24, 2.45) is 0 Å². The molecule has 2 amide bonds. The van der Waals surface area contributed by atoms with Crippen LogP contribution in [0.4, 0.5) is 16.4 Å². The van der Waals surface area contributed by atoms with Crippen LogP contribution in [-0.4, -0.2) is 35.4 Å². The molecule has 136 valence electrons. The summed E-state index contributed by atoms with van der Waals surface area (Å²) in [6.45, 7) is 1.87. The third-order valence-corrected chi connectivity index (χ3v) is 4.26. The molecule has 0 saturated heterocycles. The number of amides is 2. The van der Waals surface area contributed by atoms with Gasteiger partial charge in [0.2, 0.25) is 0 Å². The summed E-state index contributed by atoms with van der Waals surface area (Å²) in [5.74, 6) is 1.68. The summed E-state index contributed by atoms with van der Waals surface area (Å²) in [7, 11) is 3.33. The quantitative estimate of drug-likeness (QED) is 0.546. The van der Waals surface area contributed by atoms with Gasteiger partial charge in [0, 0.05) is 19.3 Å². The molecule has 1 unspecified atom stereocenters. The van der Waals surface area contributed by atoms with Gasteiger partial charge in [0.1, 0.15) is 11.6 Å². The largest absolute Gasteiger partial charge is 0.495 e. The van der Waals surface area contributed by atoms with E-state index in [0.29, 0.717) is 22.4 Å². The molecule has 4 N–H and O–H groups in total. The van der Waals surface area contributed by atoms with Crippen molar-refractivity contribution in [3.05, 3.63) is 41.0 Å². The number of pyridine rings is 1. The molecule has 9 heteroatoms. The molecule has 3 aromatic rings. The summed E-state index contributed by atoms with van der Waals surface area (Å²) < 4.78 is 5.20. The van der Waals surface area contributed by atoms with E-state index < -0.39 is 0 Å². The van der Waals surface area contributed by atoms with Gasteiger partial charge in [-0.15, -0.1) is 0 Å². The summed E-state index contributed by atoms with van der Waals surface area (Å²) in [5.41, 5.74) is 1.65. The van der Waals surface area contributed by atoms with Crippen LogP contribution in [-0.2, 0) is 0 Å². The maximum Gasteiger partial charge on any atom is 0.320 e. The Labute approximate surface area is 155 Å². The second-order valence-electron chi connectivity index (χ2n) is 5.65. The number of nitrogens with one attached hydrogen (secondary N) is 4. The van der Waals surface area contributed by atoms with Crippen LogP contribution in [0.3, 0.4) is 0 Å². The van der Waals surface area contributed by atoms with Gasteiger partial charge in [0.05, 0.1) is 29.1 Å². The number of aromatic amines is 1. The van der Waals surface area contributed by atoms with Crippen molar-refractivity contribution in [2.75, 3.05) is 24.8 Å². The number of carbonyl (C=O) groups is 1. The molecule has 1 atom stereocenters. The van der Waals surface area contributed by atoms with Crippen LogP contribution >= 0.6 is 11.6 Å². The molecular weight excluding hydrogens is 356 g/mol. The predicted octanol–water partition coefficient (Wildman–Crippen LogP) is 3.54. The first-order valence-corrected chi connectivity index (χ1v) is 8.32. The second-order valence-corrected chi connectivity index (χ2v) is 6.06. The summed E-state index contributed by atoms with van der Waals surface area (Å²) >= 11 is 6.03. The number of halogens is 1. The summed E-state index contributed by atoms with van der Waals surface area (Å²) in [4.78, 5) is 16.5. The molecular formula is C17H19ClN6O2. The third kappa shape index (κ3) is 3.65. The van der Waals surface area contributed by atoms with Crippen LogP contribution in [0.1, 0.15) is 18.5 Å². The number of fused-ring (bicyclic) bond motifs is 1. The van der Waals surface area contributed by atoms with E-state index in [9.17, 15) is 4.79 Å². The minimum absolute atomic E-state index is 0.243. The van der Waals surface area contributed by atoms with Gasteiger partial charge in [0.15, 0.2) is 5.82 Å². The van der Waals surface area contributed by atoms with Gasteiger partial charge >= 0.3 is 6.03 Å². The van der Waals surface area contributed by atoms with Crippen LogP contribution in [0.5, 0.6) is 5.75 Å². The molecule has 2 aromatic heterocycles. The average Bonchev–Trinajstić information content (AvgIpc) is 3.04. The second kappa shape index (κ2) is 7.49. The number of aromatic nitrogens is 3. The van der Waals surface area contributed by atoms with Gasteiger partial charge < -0.3 is 15.4 Å². The van der Waals surface area contributed by atoms with Crippen LogP contribution in [0, 0.1) is 0 Å². The number of carbonyl (C=O) groups excluding carboxylic acids is 1. The molecule has 8 nitrogen and oxygen atoms in total. The van der Waals surface area contributed by atoms with Gasteiger partial charge in [-0.05, 0) is 24.6 Å². The van der Waals surface area contributed by atoms with Crippen molar-refractivity contribution in [3.8, 4) is 5.75 Å². The molecule has 0 aliphatic rings. The Bertz CT molecular complexity index is 942. The molecule has 0 aliphatic heterocycles. The Kier molecular flexibility index (Phi) is 5.13. The first-order chi connectivity index (χ1) is 12.5. The van der Waals surface area contributed by atoms with Crippen molar-refractivity contribution in [1.29, 1.82) is 0 Å².